The summed E-state index contributed by atoms with van der Waals surface area (Å²) in [5, 5.41) is 3.14. The molecule has 2 aromatic rings. The number of carbonyl (C=O) groups excluding carboxylic acids is 1. The molecule has 0 aromatic heterocycles. The van der Waals surface area contributed by atoms with E-state index in [4.69, 9.17) is 0 Å². The smallest absolute Gasteiger partial charge is 0.251 e. The number of fused-ring (bicyclic) bond motifs is 1. The molecule has 1 saturated heterocycles. The van der Waals surface area contributed by atoms with Gasteiger partial charge in [0.1, 0.15) is 0 Å². The molecule has 1 N–H and O–H groups in total. The predicted molar refractivity (Wildman–Crippen MR) is 106 cm³/mol. The summed E-state index contributed by atoms with van der Waals surface area (Å²) < 4.78 is 25.9. The van der Waals surface area contributed by atoms with Gasteiger partial charge in [0.2, 0.25) is 10.0 Å². The molecule has 27 heavy (non-hydrogen) atoms. The highest BCUT2D eigenvalue weighted by Gasteiger charge is 2.26. The molecule has 1 aliphatic heterocycles. The van der Waals surface area contributed by atoms with E-state index in [0.29, 0.717) is 24.2 Å². The van der Waals surface area contributed by atoms with Gasteiger partial charge in [-0.3, -0.25) is 9.10 Å². The Hall–Kier alpha value is -2.34. The molecule has 0 bridgehead atoms. The zero-order valence-corrected chi connectivity index (χ0v) is 16.0. The standard InChI is InChI=1S/C21H24N2O3S/c24-21(22-20-9-5-7-16-6-1-2-8-19(16)20)17-10-12-18(13-11-17)23-14-3-4-15-27(23,25)26/h1-2,6,8,10-13,20H,3-5,7,9,14-15H2,(H,22,24)/t20-/m0/s1. The number of aryl methyl sites for hydroxylation is 1. The first-order valence-corrected chi connectivity index (χ1v) is 11.1. The van der Waals surface area contributed by atoms with Crippen LogP contribution in [-0.2, 0) is 16.4 Å². The van der Waals surface area contributed by atoms with E-state index in [1.165, 1.54) is 15.4 Å². The third-order valence-electron chi connectivity index (χ3n) is 5.44. The van der Waals surface area contributed by atoms with Crippen LogP contribution in [0.5, 0.6) is 0 Å². The highest BCUT2D eigenvalue weighted by atomic mass is 32.2. The number of sulfonamides is 1. The molecule has 2 aliphatic rings. The Morgan fingerprint density at radius 1 is 1.00 bits per heavy atom. The van der Waals surface area contributed by atoms with E-state index in [2.05, 4.69) is 17.4 Å². The van der Waals surface area contributed by atoms with Gasteiger partial charge in [0.15, 0.2) is 0 Å². The van der Waals surface area contributed by atoms with Crippen LogP contribution in [0.2, 0.25) is 0 Å². The molecule has 1 fully saturated rings. The lowest BCUT2D eigenvalue weighted by molar-refractivity contribution is 0.0933. The molecule has 1 amide bonds. The number of nitrogens with zero attached hydrogens (tertiary/aromatic N) is 1. The van der Waals surface area contributed by atoms with Crippen molar-refractivity contribution in [2.45, 2.75) is 38.1 Å². The lowest BCUT2D eigenvalue weighted by atomic mass is 9.87. The molecule has 5 nitrogen and oxygen atoms in total. The summed E-state index contributed by atoms with van der Waals surface area (Å²) in [6, 6.07) is 15.2. The summed E-state index contributed by atoms with van der Waals surface area (Å²) in [7, 11) is -3.23. The number of rotatable bonds is 3. The maximum atomic E-state index is 12.7. The van der Waals surface area contributed by atoms with Crippen LogP contribution >= 0.6 is 0 Å². The summed E-state index contributed by atoms with van der Waals surface area (Å²) in [5.41, 5.74) is 3.69. The second-order valence-corrected chi connectivity index (χ2v) is 9.27. The van der Waals surface area contributed by atoms with Crippen molar-refractivity contribution in [3.63, 3.8) is 0 Å². The molecule has 4 rings (SSSR count). The summed E-state index contributed by atoms with van der Waals surface area (Å²) >= 11 is 0. The van der Waals surface area contributed by atoms with E-state index >= 15 is 0 Å². The number of nitrogens with one attached hydrogen (secondary N) is 1. The van der Waals surface area contributed by atoms with E-state index in [1.54, 1.807) is 24.3 Å². The molecule has 0 radical (unpaired) electrons. The van der Waals surface area contributed by atoms with Crippen LogP contribution in [-0.4, -0.2) is 26.6 Å². The molecule has 1 atom stereocenters. The summed E-state index contributed by atoms with van der Waals surface area (Å²) in [6.07, 6.45) is 4.63. The van der Waals surface area contributed by atoms with Gasteiger partial charge in [-0.05, 0) is 67.5 Å². The average Bonchev–Trinajstić information content (AvgIpc) is 2.68. The number of amides is 1. The van der Waals surface area contributed by atoms with E-state index in [9.17, 15) is 13.2 Å². The Morgan fingerprint density at radius 3 is 2.56 bits per heavy atom. The number of hydrogen-bond acceptors (Lipinski definition) is 3. The third kappa shape index (κ3) is 3.72. The Labute approximate surface area is 160 Å². The van der Waals surface area contributed by atoms with Crippen LogP contribution in [0.15, 0.2) is 48.5 Å². The first-order chi connectivity index (χ1) is 13.0. The average molecular weight is 385 g/mol. The van der Waals surface area contributed by atoms with Gasteiger partial charge in [-0.2, -0.15) is 0 Å². The Bertz CT molecular complexity index is 938. The van der Waals surface area contributed by atoms with Crippen molar-refractivity contribution in [2.75, 3.05) is 16.6 Å². The summed E-state index contributed by atoms with van der Waals surface area (Å²) in [5.74, 6) is 0.0702. The van der Waals surface area contributed by atoms with Crippen LogP contribution in [0, 0.1) is 0 Å². The first kappa shape index (κ1) is 18.0. The summed E-state index contributed by atoms with van der Waals surface area (Å²) in [6.45, 7) is 0.507. The van der Waals surface area contributed by atoms with Crippen molar-refractivity contribution in [2.24, 2.45) is 0 Å². The summed E-state index contributed by atoms with van der Waals surface area (Å²) in [4.78, 5) is 12.7. The first-order valence-electron chi connectivity index (χ1n) is 9.54. The second-order valence-electron chi connectivity index (χ2n) is 7.26. The zero-order valence-electron chi connectivity index (χ0n) is 15.2. The molecule has 0 saturated carbocycles. The molecule has 1 aliphatic carbocycles. The fourth-order valence-corrected chi connectivity index (χ4v) is 5.64. The Morgan fingerprint density at radius 2 is 1.78 bits per heavy atom. The minimum atomic E-state index is -3.23. The topological polar surface area (TPSA) is 66.5 Å². The molecule has 2 aromatic carbocycles. The lowest BCUT2D eigenvalue weighted by Gasteiger charge is -2.28. The van der Waals surface area contributed by atoms with Crippen LogP contribution in [0.1, 0.15) is 53.2 Å². The van der Waals surface area contributed by atoms with Crippen molar-refractivity contribution in [1.29, 1.82) is 0 Å². The molecule has 142 valence electrons. The highest BCUT2D eigenvalue weighted by Crippen LogP contribution is 2.30. The lowest BCUT2D eigenvalue weighted by Crippen LogP contribution is -2.37. The number of carbonyl (C=O) groups is 1. The third-order valence-corrected chi connectivity index (χ3v) is 7.31. The second kappa shape index (κ2) is 7.35. The fraction of sp³-hybridized carbons (Fsp3) is 0.381. The van der Waals surface area contributed by atoms with Gasteiger partial charge < -0.3 is 5.32 Å². The van der Waals surface area contributed by atoms with Crippen molar-refractivity contribution < 1.29 is 13.2 Å². The van der Waals surface area contributed by atoms with Crippen LogP contribution in [0.3, 0.4) is 0 Å². The zero-order chi connectivity index (χ0) is 18.9. The van der Waals surface area contributed by atoms with Gasteiger partial charge in [-0.15, -0.1) is 0 Å². The number of anilines is 1. The van der Waals surface area contributed by atoms with Crippen molar-refractivity contribution in [3.8, 4) is 0 Å². The molecular weight excluding hydrogens is 360 g/mol. The predicted octanol–water partition coefficient (Wildman–Crippen LogP) is 3.42. The van der Waals surface area contributed by atoms with Crippen LogP contribution in [0.4, 0.5) is 5.69 Å². The normalized spacial score (nSPS) is 21.3. The van der Waals surface area contributed by atoms with Gasteiger partial charge in [0, 0.05) is 12.1 Å². The highest BCUT2D eigenvalue weighted by molar-refractivity contribution is 7.92. The van der Waals surface area contributed by atoms with Gasteiger partial charge in [0.25, 0.3) is 5.91 Å². The SMILES string of the molecule is O=C(N[C@H]1CCCc2ccccc21)c1ccc(N2CCCCS2(=O)=O)cc1. The van der Waals surface area contributed by atoms with Gasteiger partial charge in [-0.1, -0.05) is 24.3 Å². The van der Waals surface area contributed by atoms with E-state index < -0.39 is 10.0 Å². The molecule has 0 unspecified atom stereocenters. The maximum Gasteiger partial charge on any atom is 0.251 e. The Balaban J connectivity index is 1.49. The van der Waals surface area contributed by atoms with E-state index in [1.807, 2.05) is 12.1 Å². The molecular formula is C21H24N2O3S. The van der Waals surface area contributed by atoms with Gasteiger partial charge in [0.05, 0.1) is 17.5 Å². The van der Waals surface area contributed by atoms with E-state index in [-0.39, 0.29) is 17.7 Å². The number of benzene rings is 2. The van der Waals surface area contributed by atoms with E-state index in [0.717, 1.165) is 25.7 Å². The van der Waals surface area contributed by atoms with Gasteiger partial charge in [-0.25, -0.2) is 8.42 Å². The maximum absolute atomic E-state index is 12.7. The molecule has 1 heterocycles. The number of hydrogen-bond donors (Lipinski definition) is 1. The fourth-order valence-electron chi connectivity index (χ4n) is 4.00. The van der Waals surface area contributed by atoms with Crippen molar-refractivity contribution in [3.05, 3.63) is 65.2 Å². The molecule has 0 spiro atoms. The molecule has 6 heteroatoms. The van der Waals surface area contributed by atoms with Crippen molar-refractivity contribution in [1.82, 2.24) is 5.32 Å². The van der Waals surface area contributed by atoms with Crippen LogP contribution in [0.25, 0.3) is 0 Å². The van der Waals surface area contributed by atoms with Crippen molar-refractivity contribution >= 4 is 21.6 Å². The van der Waals surface area contributed by atoms with Gasteiger partial charge >= 0.3 is 0 Å². The largest absolute Gasteiger partial charge is 0.345 e. The van der Waals surface area contributed by atoms with Crippen LogP contribution < -0.4 is 9.62 Å². The Kier molecular flexibility index (Phi) is 4.91. The minimum absolute atomic E-state index is 0.0320. The quantitative estimate of drug-likeness (QED) is 0.882. The minimum Gasteiger partial charge on any atom is -0.345 e. The monoisotopic (exact) mass is 384 g/mol.